The first-order chi connectivity index (χ1) is 9.78. The van der Waals surface area contributed by atoms with Crippen LogP contribution >= 0.6 is 23.3 Å². The topological polar surface area (TPSA) is 41.1 Å². The van der Waals surface area contributed by atoms with E-state index in [1.807, 2.05) is 6.92 Å². The largest absolute Gasteiger partial charge is 0.358 e. The molecule has 0 bridgehead atoms. The maximum Gasteiger partial charge on any atom is 0.202 e. The molecule has 1 aliphatic heterocycles. The zero-order chi connectivity index (χ0) is 13.8. The average Bonchev–Trinajstić information content (AvgIpc) is 2.93. The molecule has 2 fully saturated rings. The highest BCUT2D eigenvalue weighted by atomic mass is 32.2. The molecule has 0 radical (unpaired) electrons. The molecule has 0 unspecified atom stereocenters. The van der Waals surface area contributed by atoms with Crippen LogP contribution in [-0.2, 0) is 0 Å². The number of nitrogens with one attached hydrogen (secondary N) is 1. The standard InChI is InChI=1S/C14H24N4S2/c1-12-16-13(20-17-12)15-11-14(5-3-2-4-6-14)18-7-9-19-10-8-18/h2-11H2,1H3,(H,15,16,17). The quantitative estimate of drug-likeness (QED) is 0.925. The molecule has 2 aliphatic rings. The summed E-state index contributed by atoms with van der Waals surface area (Å²) in [7, 11) is 0. The molecule has 1 saturated carbocycles. The van der Waals surface area contributed by atoms with Gasteiger partial charge in [-0.1, -0.05) is 19.3 Å². The van der Waals surface area contributed by atoms with Gasteiger partial charge in [-0.05, 0) is 19.8 Å². The summed E-state index contributed by atoms with van der Waals surface area (Å²) in [5.74, 6) is 3.46. The highest BCUT2D eigenvalue weighted by molar-refractivity contribution is 7.99. The summed E-state index contributed by atoms with van der Waals surface area (Å²) in [6.45, 7) is 5.50. The Balaban J connectivity index is 1.68. The Morgan fingerprint density at radius 3 is 2.60 bits per heavy atom. The summed E-state index contributed by atoms with van der Waals surface area (Å²) in [6.07, 6.45) is 6.83. The van der Waals surface area contributed by atoms with Crippen LogP contribution < -0.4 is 5.32 Å². The average molecular weight is 313 g/mol. The Morgan fingerprint density at radius 1 is 1.20 bits per heavy atom. The maximum absolute atomic E-state index is 4.44. The Morgan fingerprint density at radius 2 is 1.95 bits per heavy atom. The molecule has 112 valence electrons. The van der Waals surface area contributed by atoms with Crippen LogP contribution in [-0.4, -0.2) is 50.9 Å². The number of anilines is 1. The monoisotopic (exact) mass is 312 g/mol. The molecular weight excluding hydrogens is 288 g/mol. The van der Waals surface area contributed by atoms with Gasteiger partial charge in [-0.15, -0.1) is 0 Å². The van der Waals surface area contributed by atoms with Gasteiger partial charge in [0.2, 0.25) is 5.13 Å². The molecule has 0 spiro atoms. The van der Waals surface area contributed by atoms with E-state index in [-0.39, 0.29) is 0 Å². The fraction of sp³-hybridized carbons (Fsp3) is 0.857. The minimum Gasteiger partial charge on any atom is -0.358 e. The van der Waals surface area contributed by atoms with Crippen LogP contribution in [0.1, 0.15) is 37.9 Å². The maximum atomic E-state index is 4.44. The second kappa shape index (κ2) is 6.62. The van der Waals surface area contributed by atoms with Crippen molar-refractivity contribution < 1.29 is 0 Å². The Kier molecular flexibility index (Phi) is 4.83. The lowest BCUT2D eigenvalue weighted by atomic mass is 9.80. The molecule has 6 heteroatoms. The van der Waals surface area contributed by atoms with Gasteiger partial charge in [0.15, 0.2) is 0 Å². The van der Waals surface area contributed by atoms with Crippen LogP contribution in [0.25, 0.3) is 0 Å². The summed E-state index contributed by atoms with van der Waals surface area (Å²) < 4.78 is 4.27. The SMILES string of the molecule is Cc1nsc(NCC2(N3CCSCC3)CCCCC2)n1. The molecule has 1 aromatic heterocycles. The van der Waals surface area contributed by atoms with E-state index in [1.54, 1.807) is 0 Å². The van der Waals surface area contributed by atoms with Crippen LogP contribution in [0.2, 0.25) is 0 Å². The lowest BCUT2D eigenvalue weighted by molar-refractivity contribution is 0.0707. The summed E-state index contributed by atoms with van der Waals surface area (Å²) in [5.41, 5.74) is 0.360. The van der Waals surface area contributed by atoms with Crippen molar-refractivity contribution in [3.8, 4) is 0 Å². The van der Waals surface area contributed by atoms with Gasteiger partial charge in [0, 0.05) is 48.2 Å². The fourth-order valence-corrected chi connectivity index (χ4v) is 4.93. The summed E-state index contributed by atoms with van der Waals surface area (Å²) in [6, 6.07) is 0. The lowest BCUT2D eigenvalue weighted by Gasteiger charge is -2.48. The first kappa shape index (κ1) is 14.6. The first-order valence-electron chi connectivity index (χ1n) is 7.66. The Hall–Kier alpha value is -0.330. The van der Waals surface area contributed by atoms with Gasteiger partial charge < -0.3 is 5.32 Å². The molecule has 0 amide bonds. The van der Waals surface area contributed by atoms with E-state index in [2.05, 4.69) is 31.3 Å². The minimum atomic E-state index is 0.360. The third-order valence-electron chi connectivity index (χ3n) is 4.56. The van der Waals surface area contributed by atoms with Crippen molar-refractivity contribution in [2.24, 2.45) is 0 Å². The zero-order valence-electron chi connectivity index (χ0n) is 12.2. The van der Waals surface area contributed by atoms with Crippen LogP contribution in [0, 0.1) is 6.92 Å². The van der Waals surface area contributed by atoms with E-state index >= 15 is 0 Å². The van der Waals surface area contributed by atoms with Gasteiger partial charge in [0.25, 0.3) is 0 Å². The summed E-state index contributed by atoms with van der Waals surface area (Å²) in [5, 5.41) is 4.55. The first-order valence-corrected chi connectivity index (χ1v) is 9.58. The molecule has 3 rings (SSSR count). The van der Waals surface area contributed by atoms with Crippen molar-refractivity contribution in [2.45, 2.75) is 44.6 Å². The van der Waals surface area contributed by atoms with E-state index < -0.39 is 0 Å². The number of aromatic nitrogens is 2. The highest BCUT2D eigenvalue weighted by Crippen LogP contribution is 2.35. The number of hydrogen-bond donors (Lipinski definition) is 1. The van der Waals surface area contributed by atoms with E-state index in [4.69, 9.17) is 0 Å². The molecule has 0 atom stereocenters. The van der Waals surface area contributed by atoms with Gasteiger partial charge in [-0.25, -0.2) is 4.98 Å². The second-order valence-electron chi connectivity index (χ2n) is 5.88. The summed E-state index contributed by atoms with van der Waals surface area (Å²) >= 11 is 3.59. The number of aryl methyl sites for hydroxylation is 1. The lowest BCUT2D eigenvalue weighted by Crippen LogP contribution is -2.57. The minimum absolute atomic E-state index is 0.360. The van der Waals surface area contributed by atoms with Gasteiger partial charge in [0.05, 0.1) is 0 Å². The molecular formula is C14H24N4S2. The number of thioether (sulfide) groups is 1. The molecule has 4 nitrogen and oxygen atoms in total. The van der Waals surface area contributed by atoms with Crippen molar-refractivity contribution in [3.05, 3.63) is 5.82 Å². The van der Waals surface area contributed by atoms with Crippen molar-refractivity contribution in [2.75, 3.05) is 36.5 Å². The fourth-order valence-electron chi connectivity index (χ4n) is 3.46. The normalized spacial score (nSPS) is 23.6. The molecule has 1 aromatic rings. The van der Waals surface area contributed by atoms with Crippen LogP contribution in [0.3, 0.4) is 0 Å². The van der Waals surface area contributed by atoms with Crippen molar-refractivity contribution in [1.82, 2.24) is 14.3 Å². The van der Waals surface area contributed by atoms with Gasteiger partial charge in [-0.3, -0.25) is 4.90 Å². The van der Waals surface area contributed by atoms with Gasteiger partial charge in [-0.2, -0.15) is 16.1 Å². The van der Waals surface area contributed by atoms with Gasteiger partial charge >= 0.3 is 0 Å². The van der Waals surface area contributed by atoms with Crippen molar-refractivity contribution >= 4 is 28.4 Å². The van der Waals surface area contributed by atoms with E-state index in [1.165, 1.54) is 68.2 Å². The molecule has 0 aromatic carbocycles. The number of hydrogen-bond acceptors (Lipinski definition) is 6. The van der Waals surface area contributed by atoms with Crippen LogP contribution in [0.4, 0.5) is 5.13 Å². The zero-order valence-corrected chi connectivity index (χ0v) is 13.9. The van der Waals surface area contributed by atoms with E-state index in [0.29, 0.717) is 5.54 Å². The molecule has 20 heavy (non-hydrogen) atoms. The Labute approximate surface area is 129 Å². The smallest absolute Gasteiger partial charge is 0.202 e. The number of rotatable bonds is 4. The van der Waals surface area contributed by atoms with Crippen LogP contribution in [0.5, 0.6) is 0 Å². The Bertz CT molecular complexity index is 423. The van der Waals surface area contributed by atoms with Gasteiger partial charge in [0.1, 0.15) is 5.82 Å². The van der Waals surface area contributed by atoms with Crippen molar-refractivity contribution in [1.29, 1.82) is 0 Å². The molecule has 1 saturated heterocycles. The van der Waals surface area contributed by atoms with E-state index in [0.717, 1.165) is 17.5 Å². The predicted octanol–water partition coefficient (Wildman–Crippen LogP) is 3.01. The second-order valence-corrected chi connectivity index (χ2v) is 7.86. The third-order valence-corrected chi connectivity index (χ3v) is 6.27. The predicted molar refractivity (Wildman–Crippen MR) is 87.8 cm³/mol. The number of nitrogens with zero attached hydrogens (tertiary/aromatic N) is 3. The molecule has 1 N–H and O–H groups in total. The molecule has 2 heterocycles. The van der Waals surface area contributed by atoms with Crippen molar-refractivity contribution in [3.63, 3.8) is 0 Å². The highest BCUT2D eigenvalue weighted by Gasteiger charge is 2.38. The third kappa shape index (κ3) is 3.28. The summed E-state index contributed by atoms with van der Waals surface area (Å²) in [4.78, 5) is 7.20. The van der Waals surface area contributed by atoms with Crippen LogP contribution in [0.15, 0.2) is 0 Å². The molecule has 1 aliphatic carbocycles. The van der Waals surface area contributed by atoms with E-state index in [9.17, 15) is 0 Å².